The van der Waals surface area contributed by atoms with Gasteiger partial charge in [0.05, 0.1) is 6.04 Å². The predicted octanol–water partition coefficient (Wildman–Crippen LogP) is -5.72. The minimum Gasteiger partial charge on any atom is -0.508 e. The number of aromatic amines is 1. The Balaban J connectivity index is 1.61. The van der Waals surface area contributed by atoms with Gasteiger partial charge in [0.1, 0.15) is 90.0 Å². The number of hydrogen-bond donors (Lipinski definition) is 35. The number of hydrogen-bond acceptors (Lipinski definition) is 27. The summed E-state index contributed by atoms with van der Waals surface area (Å²) in [5, 5.41) is 109. The second-order valence-corrected chi connectivity index (χ2v) is 37.9. The zero-order valence-corrected chi connectivity index (χ0v) is 83.4. The first kappa shape index (κ1) is 119. The molecule has 14 atom stereocenters. The van der Waals surface area contributed by atoms with Crippen molar-refractivity contribution in [2.75, 3.05) is 70.4 Å². The standard InChI is InChI=1S/C92H148N34O17S2/c1-2-17-73(129)107-39-10-7-23-66-87(143)126-45-16-28-72(126)86(142)123-68(47-53-31-35-56(128)36-32-53)82(138)119-65(27-15-44-112-92(105)106)77(133)117-62(22-6-9-38-94)80(136)124-70(84(140)114-60(74(96)130)24-12-41-109-89(99)100)50-144-145-51-71(85(141)121-67(46-52-29-33-55(127)34-30-52)81(137)118-64(26-14-43-111-91(103)104)76(132)116-61(78(134)120-66)21-5-8-37-93)125-83(139)69(48-54-49-113-59-20-4-3-18-57(54)59)122-79(135)63(25-13-42-110-90(101)102)115-75(131)58(95)19-11-40-108-88(97)98/h3-4,18,20,29-36,49,58,60-72,113,127-128H,2,5-17,19,21-28,37-48,50-51,93-95H2,1H3,(H2,96,130)(H,107,129)(H,114,140)(H,115,131)(H,116,132)(H,117,133)(H,118,137)(H,119,138)(H,120,134)(H,121,141)(H,122,135)(H,123,142)(H,124,136)(H,125,139)(H4,97,98,108)(H4,99,100,109)(H4,101,102,110)(H4,103,104,111)(H4,105,106,112)/t58-,60-,61-,62-,63-,64-,65-,66+,67-,68-,69-,70-,71-,72-/m0/s1. The second kappa shape index (κ2) is 64.4. The third-order valence-corrected chi connectivity index (χ3v) is 26.2. The monoisotopic (exact) mass is 2070 g/mol. The molecule has 2 aliphatic rings. The fourth-order valence-electron chi connectivity index (χ4n) is 15.9. The highest BCUT2D eigenvalue weighted by molar-refractivity contribution is 8.76. The molecule has 4 aromatic rings. The summed E-state index contributed by atoms with van der Waals surface area (Å²) >= 11 is 0. The Morgan fingerprint density at radius 2 is 0.869 bits per heavy atom. The second-order valence-electron chi connectivity index (χ2n) is 35.4. The lowest BCUT2D eigenvalue weighted by Gasteiger charge is -2.31. The van der Waals surface area contributed by atoms with Gasteiger partial charge < -0.3 is 167 Å². The minimum absolute atomic E-state index is 0.00228. The average molecular weight is 2070 g/mol. The third kappa shape index (κ3) is 44.3. The van der Waals surface area contributed by atoms with E-state index in [1.165, 1.54) is 53.4 Å². The summed E-state index contributed by atoms with van der Waals surface area (Å²) in [6.07, 6.45) is 1.99. The number of nitrogens with one attached hydrogen (secondary N) is 24. The number of phenols is 2. The molecular weight excluding hydrogens is 1920 g/mol. The van der Waals surface area contributed by atoms with E-state index >= 15 is 57.5 Å². The van der Waals surface area contributed by atoms with Crippen LogP contribution in [0.2, 0.25) is 0 Å². The van der Waals surface area contributed by atoms with E-state index in [0.717, 1.165) is 21.6 Å². The number of benzene rings is 3. The van der Waals surface area contributed by atoms with Crippen LogP contribution in [-0.2, 0) is 91.2 Å². The Labute approximate surface area is 849 Å². The molecule has 0 bridgehead atoms. The number of nitrogens with two attached hydrogens (primary N) is 9. The normalized spacial score (nSPS) is 20.1. The SMILES string of the molecule is CCCC(=O)NCCCC[C@H]1NC(=O)[C@H](CCCCN)NC(=O)[C@H](CCCNC(=N)N)NC(=O)[C@H](Cc2ccc(O)cc2)NC(=O)[C@@H](NC(=O)[C@H](Cc2c[nH]c3ccccc23)NC(=O)[C@H](CCCNC(=N)N)NC(=O)[C@@H](N)CCCNC(=N)N)CSSC[C@@H](C(=O)N[C@@H](CCCNC(=N)N)C(N)=O)NC(=O)[C@H](CCCCN)NC(=O)[C@H](CCCNC(=N)N)NC(=O)[C@H](Cc2ccc(O)cc2)NC(=O)[C@@H]2CCCN2C1=O. The Kier molecular flexibility index (Phi) is 53.1. The lowest BCUT2D eigenvalue weighted by molar-refractivity contribution is -0.143. The van der Waals surface area contributed by atoms with E-state index in [-0.39, 0.29) is 236 Å². The van der Waals surface area contributed by atoms with Gasteiger partial charge in [0.15, 0.2) is 29.8 Å². The van der Waals surface area contributed by atoms with Crippen LogP contribution < -0.4 is 147 Å². The first-order chi connectivity index (χ1) is 69.3. The summed E-state index contributed by atoms with van der Waals surface area (Å²) in [5.41, 5.74) is 54.1. The molecule has 3 heterocycles. The van der Waals surface area contributed by atoms with Crippen molar-refractivity contribution >= 4 is 151 Å². The van der Waals surface area contributed by atoms with Crippen LogP contribution in [0.3, 0.4) is 0 Å². The molecule has 0 aliphatic carbocycles. The lowest BCUT2D eigenvalue weighted by atomic mass is 10.0. The summed E-state index contributed by atoms with van der Waals surface area (Å²) in [5.74, 6) is -17.4. The Bertz CT molecular complexity index is 4990. The number of amides is 15. The number of primary amides is 1. The number of rotatable bonds is 50. The van der Waals surface area contributed by atoms with E-state index in [4.69, 9.17) is 78.6 Å². The van der Waals surface area contributed by atoms with Crippen LogP contribution >= 0.6 is 21.6 Å². The quantitative estimate of drug-likeness (QED) is 0.00848. The van der Waals surface area contributed by atoms with Gasteiger partial charge in [-0.05, 0) is 201 Å². The summed E-state index contributed by atoms with van der Waals surface area (Å²) < 4.78 is 0. The number of fused-ring (bicyclic) bond motifs is 2. The Morgan fingerprint density at radius 3 is 1.37 bits per heavy atom. The molecule has 51 nitrogen and oxygen atoms in total. The number of aromatic nitrogens is 1. The molecule has 1 aromatic heterocycles. The van der Waals surface area contributed by atoms with Crippen LogP contribution in [0.25, 0.3) is 10.9 Å². The van der Waals surface area contributed by atoms with Crippen molar-refractivity contribution < 1.29 is 82.1 Å². The van der Waals surface area contributed by atoms with Crippen molar-refractivity contribution in [2.24, 2.45) is 51.6 Å². The van der Waals surface area contributed by atoms with E-state index in [0.29, 0.717) is 34.9 Å². The molecule has 44 N–H and O–H groups in total. The number of phenolic OH excluding ortho intramolecular Hbond substituents is 2. The van der Waals surface area contributed by atoms with Crippen LogP contribution in [-0.4, -0.2) is 293 Å². The first-order valence-electron chi connectivity index (χ1n) is 48.7. The number of carbonyl (C=O) groups is 15. The number of unbranched alkanes of at least 4 members (excludes halogenated alkanes) is 3. The molecule has 0 unspecified atom stereocenters. The summed E-state index contributed by atoms with van der Waals surface area (Å²) in [6.45, 7) is 2.24. The van der Waals surface area contributed by atoms with E-state index in [9.17, 15) is 24.6 Å². The number of aromatic hydroxyl groups is 2. The van der Waals surface area contributed by atoms with E-state index in [1.807, 2.05) is 6.92 Å². The molecule has 145 heavy (non-hydrogen) atoms. The zero-order valence-electron chi connectivity index (χ0n) is 81.7. The first-order valence-corrected chi connectivity index (χ1v) is 51.2. The van der Waals surface area contributed by atoms with Gasteiger partial charge in [-0.25, -0.2) is 0 Å². The van der Waals surface area contributed by atoms with Crippen molar-refractivity contribution in [1.29, 1.82) is 27.0 Å². The lowest BCUT2D eigenvalue weighted by Crippen LogP contribution is -2.61. The van der Waals surface area contributed by atoms with E-state index in [1.54, 1.807) is 30.5 Å². The highest BCUT2D eigenvalue weighted by atomic mass is 33.1. The van der Waals surface area contributed by atoms with Gasteiger partial charge in [0.2, 0.25) is 88.6 Å². The third-order valence-electron chi connectivity index (χ3n) is 23.7. The van der Waals surface area contributed by atoms with Crippen LogP contribution in [0.1, 0.15) is 171 Å². The number of nitrogens with zero attached hydrogens (tertiary/aromatic N) is 1. The zero-order chi connectivity index (χ0) is 106. The van der Waals surface area contributed by atoms with Crippen LogP contribution in [0, 0.1) is 27.0 Å². The molecule has 15 amide bonds. The molecule has 53 heteroatoms. The molecule has 2 aliphatic heterocycles. The number of para-hydroxylation sites is 1. The topological polar surface area (TPSA) is 886 Å². The molecule has 2 fully saturated rings. The van der Waals surface area contributed by atoms with Crippen LogP contribution in [0.5, 0.6) is 11.5 Å². The van der Waals surface area contributed by atoms with Gasteiger partial charge in [-0.3, -0.25) is 99.0 Å². The smallest absolute Gasteiger partial charge is 0.245 e. The predicted molar refractivity (Wildman–Crippen MR) is 549 cm³/mol. The van der Waals surface area contributed by atoms with Gasteiger partial charge in [-0.15, -0.1) is 0 Å². The van der Waals surface area contributed by atoms with Crippen LogP contribution in [0.15, 0.2) is 79.0 Å². The molecule has 6 rings (SSSR count). The molecule has 800 valence electrons. The van der Waals surface area contributed by atoms with Gasteiger partial charge in [-0.1, -0.05) is 71.0 Å². The fourth-order valence-corrected chi connectivity index (χ4v) is 18.3. The summed E-state index contributed by atoms with van der Waals surface area (Å²) in [7, 11) is 1.59. The van der Waals surface area contributed by atoms with Crippen molar-refractivity contribution in [2.45, 2.75) is 258 Å². The Morgan fingerprint density at radius 1 is 0.448 bits per heavy atom. The van der Waals surface area contributed by atoms with Gasteiger partial charge in [-0.2, -0.15) is 0 Å². The van der Waals surface area contributed by atoms with Crippen molar-refractivity contribution in [3.8, 4) is 11.5 Å². The minimum atomic E-state index is -1.87. The highest BCUT2D eigenvalue weighted by Gasteiger charge is 2.43. The number of carbonyl (C=O) groups excluding carboxylic acids is 15. The average Bonchev–Trinajstić information content (AvgIpc) is 1.81. The number of H-pyrrole nitrogens is 1. The van der Waals surface area contributed by atoms with Crippen LogP contribution in [0.4, 0.5) is 0 Å². The van der Waals surface area contributed by atoms with Crippen molar-refractivity contribution in [3.05, 3.63) is 95.7 Å². The van der Waals surface area contributed by atoms with Crippen molar-refractivity contribution in [3.63, 3.8) is 0 Å². The summed E-state index contributed by atoms with van der Waals surface area (Å²) in [6, 6.07) is -4.12. The fraction of sp³-hybridized carbons (Fsp3) is 0.565. The molecule has 0 radical (unpaired) electrons. The maximum Gasteiger partial charge on any atom is 0.245 e. The maximum atomic E-state index is 16.1. The Hall–Kier alpha value is -14.2. The maximum absolute atomic E-state index is 16.1. The molecule has 0 spiro atoms. The summed E-state index contributed by atoms with van der Waals surface area (Å²) in [4.78, 5) is 231. The highest BCUT2D eigenvalue weighted by Crippen LogP contribution is 2.27. The van der Waals surface area contributed by atoms with Crippen molar-refractivity contribution in [1.82, 2.24) is 106 Å². The van der Waals surface area contributed by atoms with E-state index < -0.39 is 209 Å². The molecule has 0 saturated carbocycles. The van der Waals surface area contributed by atoms with Gasteiger partial charge in [0, 0.05) is 100 Å². The number of guanidine groups is 5. The molecular formula is C92H148N34O17S2. The molecule has 2 saturated heterocycles. The largest absolute Gasteiger partial charge is 0.508 e. The van der Waals surface area contributed by atoms with Gasteiger partial charge in [0.25, 0.3) is 0 Å². The van der Waals surface area contributed by atoms with Gasteiger partial charge >= 0.3 is 0 Å². The molecule has 3 aromatic carbocycles. The van der Waals surface area contributed by atoms with E-state index in [2.05, 4.69) is 101 Å².